The van der Waals surface area contributed by atoms with Gasteiger partial charge < -0.3 is 0 Å². The quantitative estimate of drug-likeness (QED) is 0.217. The predicted molar refractivity (Wildman–Crippen MR) is 222 cm³/mol. The standard InChI is InChI=1S/2C17H28N2S.C5H12.C3H8/c2*1-17(2,3)20-14-13-18-9-11-19(12-10-18)15-16-7-5-4-6-8-16;1-3-5-4-2;1-3-2/h2*4-8H,9-15H2,1-3H3;3-5H2,1-2H3;3H2,1-2H3. The van der Waals surface area contributed by atoms with Crippen LogP contribution in [-0.4, -0.2) is 106 Å². The van der Waals surface area contributed by atoms with Crippen molar-refractivity contribution in [3.8, 4) is 0 Å². The maximum absolute atomic E-state index is 2.61. The fraction of sp³-hybridized carbons (Fsp3) is 0.714. The first-order chi connectivity index (χ1) is 22.9. The van der Waals surface area contributed by atoms with E-state index in [-0.39, 0.29) is 0 Å². The monoisotopic (exact) mass is 701 g/mol. The molecule has 0 aromatic heterocycles. The lowest BCUT2D eigenvalue weighted by atomic mass is 10.2. The van der Waals surface area contributed by atoms with Gasteiger partial charge in [-0.05, 0) is 11.1 Å². The smallest absolute Gasteiger partial charge is 0.0234 e. The Morgan fingerprint density at radius 3 is 1.02 bits per heavy atom. The van der Waals surface area contributed by atoms with Crippen LogP contribution in [0.3, 0.4) is 0 Å². The van der Waals surface area contributed by atoms with Crippen LogP contribution in [-0.2, 0) is 13.1 Å². The van der Waals surface area contributed by atoms with E-state index in [4.69, 9.17) is 0 Å². The molecule has 6 heteroatoms. The number of unbranched alkanes of at least 4 members (excludes halogenated alkanes) is 2. The molecule has 0 aliphatic carbocycles. The lowest BCUT2D eigenvalue weighted by Crippen LogP contribution is -2.46. The third kappa shape index (κ3) is 25.0. The lowest BCUT2D eigenvalue weighted by Gasteiger charge is -2.35. The van der Waals surface area contributed by atoms with Crippen LogP contribution >= 0.6 is 23.5 Å². The Balaban J connectivity index is 0.000000393. The van der Waals surface area contributed by atoms with Crippen molar-refractivity contribution in [3.05, 3.63) is 71.8 Å². The highest BCUT2D eigenvalue weighted by Gasteiger charge is 2.19. The first-order valence-corrected chi connectivity index (χ1v) is 21.1. The van der Waals surface area contributed by atoms with Crippen molar-refractivity contribution < 1.29 is 0 Å². The van der Waals surface area contributed by atoms with Crippen molar-refractivity contribution in [2.45, 2.75) is 118 Å². The van der Waals surface area contributed by atoms with Gasteiger partial charge in [0.25, 0.3) is 0 Å². The van der Waals surface area contributed by atoms with Crippen LogP contribution in [0.25, 0.3) is 0 Å². The van der Waals surface area contributed by atoms with E-state index < -0.39 is 0 Å². The summed E-state index contributed by atoms with van der Waals surface area (Å²) in [5, 5.41) is 0. The van der Waals surface area contributed by atoms with E-state index in [0.717, 1.165) is 13.1 Å². The molecule has 0 saturated carbocycles. The molecule has 0 amide bonds. The Morgan fingerprint density at radius 2 is 0.771 bits per heavy atom. The Hall–Kier alpha value is -1.02. The summed E-state index contributed by atoms with van der Waals surface area (Å²) in [6.45, 7) is 36.9. The van der Waals surface area contributed by atoms with Crippen molar-refractivity contribution in [1.29, 1.82) is 0 Å². The SMILES string of the molecule is CC(C)(C)SCCN1CCN(Cc2ccccc2)CC1.CC(C)(C)SCCN1CCN(Cc2ccccc2)CC1.CCC.CCCCC. The summed E-state index contributed by atoms with van der Waals surface area (Å²) in [6, 6.07) is 21.6. The molecule has 0 bridgehead atoms. The predicted octanol–water partition coefficient (Wildman–Crippen LogP) is 10.3. The van der Waals surface area contributed by atoms with Gasteiger partial charge in [-0.25, -0.2) is 0 Å². The maximum Gasteiger partial charge on any atom is 0.0234 e. The fourth-order valence-electron chi connectivity index (χ4n) is 5.34. The van der Waals surface area contributed by atoms with E-state index >= 15 is 0 Å². The van der Waals surface area contributed by atoms with Crippen LogP contribution in [0.5, 0.6) is 0 Å². The van der Waals surface area contributed by atoms with Gasteiger partial charge >= 0.3 is 0 Å². The van der Waals surface area contributed by atoms with Crippen molar-refractivity contribution in [2.75, 3.05) is 77.0 Å². The molecule has 2 aromatic carbocycles. The number of hydrogen-bond donors (Lipinski definition) is 0. The zero-order chi connectivity index (χ0) is 35.7. The van der Waals surface area contributed by atoms with Gasteiger partial charge in [0.05, 0.1) is 0 Å². The van der Waals surface area contributed by atoms with E-state index in [9.17, 15) is 0 Å². The Labute approximate surface area is 308 Å². The van der Waals surface area contributed by atoms with Crippen LogP contribution in [0, 0.1) is 0 Å². The zero-order valence-electron chi connectivity index (χ0n) is 33.1. The van der Waals surface area contributed by atoms with E-state index in [0.29, 0.717) is 9.49 Å². The van der Waals surface area contributed by atoms with E-state index in [1.807, 2.05) is 0 Å². The number of piperazine rings is 2. The van der Waals surface area contributed by atoms with Crippen molar-refractivity contribution in [1.82, 2.24) is 19.6 Å². The van der Waals surface area contributed by atoms with Gasteiger partial charge in [-0.3, -0.25) is 19.6 Å². The summed E-state index contributed by atoms with van der Waals surface area (Å²) in [4.78, 5) is 10.4. The van der Waals surface area contributed by atoms with Crippen molar-refractivity contribution >= 4 is 23.5 Å². The molecule has 2 heterocycles. The number of benzene rings is 2. The van der Waals surface area contributed by atoms with Crippen LogP contribution in [0.2, 0.25) is 0 Å². The largest absolute Gasteiger partial charge is 0.300 e. The molecule has 2 fully saturated rings. The summed E-state index contributed by atoms with van der Waals surface area (Å²) in [5.41, 5.74) is 2.87. The van der Waals surface area contributed by atoms with Crippen molar-refractivity contribution in [2.24, 2.45) is 0 Å². The molecule has 0 radical (unpaired) electrons. The number of thioether (sulfide) groups is 2. The van der Waals surface area contributed by atoms with Gasteiger partial charge in [0.1, 0.15) is 0 Å². The van der Waals surface area contributed by atoms with Gasteiger partial charge in [-0.1, -0.05) is 156 Å². The summed E-state index contributed by atoms with van der Waals surface area (Å²) in [6.07, 6.45) is 5.33. The molecule has 2 aromatic rings. The number of rotatable bonds is 12. The second-order valence-corrected chi connectivity index (χ2v) is 19.0. The van der Waals surface area contributed by atoms with Crippen LogP contribution < -0.4 is 0 Å². The van der Waals surface area contributed by atoms with Gasteiger partial charge in [0.2, 0.25) is 0 Å². The average Bonchev–Trinajstić information content (AvgIpc) is 3.04. The Kier molecular flexibility index (Phi) is 25.1. The normalized spacial score (nSPS) is 16.5. The highest BCUT2D eigenvalue weighted by Crippen LogP contribution is 2.24. The van der Waals surface area contributed by atoms with E-state index in [2.05, 4.69) is 173 Å². The topological polar surface area (TPSA) is 13.0 Å². The molecule has 0 N–H and O–H groups in total. The van der Waals surface area contributed by atoms with Crippen LogP contribution in [0.1, 0.15) is 106 Å². The molecule has 0 unspecified atom stereocenters. The summed E-state index contributed by atoms with van der Waals surface area (Å²) in [5.74, 6) is 2.50. The van der Waals surface area contributed by atoms with Crippen molar-refractivity contribution in [3.63, 3.8) is 0 Å². The minimum absolute atomic E-state index is 0.398. The molecule has 0 spiro atoms. The molecule has 276 valence electrons. The highest BCUT2D eigenvalue weighted by molar-refractivity contribution is 8.00. The molecule has 2 saturated heterocycles. The third-order valence-electron chi connectivity index (χ3n) is 8.02. The van der Waals surface area contributed by atoms with E-state index in [1.54, 1.807) is 0 Å². The van der Waals surface area contributed by atoms with E-state index in [1.165, 1.54) is 114 Å². The molecular formula is C42H76N4S2. The third-order valence-corrected chi connectivity index (χ3v) is 10.5. The summed E-state index contributed by atoms with van der Waals surface area (Å²) in [7, 11) is 0. The Morgan fingerprint density at radius 1 is 0.479 bits per heavy atom. The summed E-state index contributed by atoms with van der Waals surface area (Å²) < 4.78 is 0.796. The minimum Gasteiger partial charge on any atom is -0.300 e. The van der Waals surface area contributed by atoms with Gasteiger partial charge in [-0.15, -0.1) is 0 Å². The average molecular weight is 701 g/mol. The summed E-state index contributed by atoms with van der Waals surface area (Å²) >= 11 is 4.15. The molecule has 4 rings (SSSR count). The molecule has 0 atom stereocenters. The first-order valence-electron chi connectivity index (χ1n) is 19.1. The first kappa shape index (κ1) is 45.0. The van der Waals surface area contributed by atoms with Crippen LogP contribution in [0.4, 0.5) is 0 Å². The zero-order valence-corrected chi connectivity index (χ0v) is 34.7. The number of nitrogens with zero attached hydrogens (tertiary/aromatic N) is 4. The second kappa shape index (κ2) is 26.7. The second-order valence-electron chi connectivity index (χ2n) is 15.2. The van der Waals surface area contributed by atoms with Gasteiger partial charge in [-0.2, -0.15) is 23.5 Å². The molecule has 2 aliphatic heterocycles. The maximum atomic E-state index is 2.61. The number of hydrogen-bond acceptors (Lipinski definition) is 6. The molecule has 48 heavy (non-hydrogen) atoms. The highest BCUT2D eigenvalue weighted by atomic mass is 32.2. The lowest BCUT2D eigenvalue weighted by molar-refractivity contribution is 0.133. The van der Waals surface area contributed by atoms with Crippen LogP contribution in [0.15, 0.2) is 60.7 Å². The molecule has 2 aliphatic rings. The fourth-order valence-corrected chi connectivity index (χ4v) is 7.26. The molecule has 4 nitrogen and oxygen atoms in total. The molecular weight excluding hydrogens is 625 g/mol. The minimum atomic E-state index is 0.398. The van der Waals surface area contributed by atoms with Gasteiger partial charge in [0.15, 0.2) is 0 Å². The Bertz CT molecular complexity index is 895. The van der Waals surface area contributed by atoms with Gasteiger partial charge in [0, 0.05) is 99.5 Å².